The first-order valence-corrected chi connectivity index (χ1v) is 4.07. The minimum Gasteiger partial charge on any atom is -0.258 e. The van der Waals surface area contributed by atoms with Gasteiger partial charge in [-0.05, 0) is 11.6 Å². The van der Waals surface area contributed by atoms with Crippen LogP contribution in [-0.2, 0) is 6.42 Å². The van der Waals surface area contributed by atoms with E-state index in [-0.39, 0.29) is 11.1 Å². The van der Waals surface area contributed by atoms with E-state index in [0.29, 0.717) is 0 Å². The first kappa shape index (κ1) is 12.0. The summed E-state index contributed by atoms with van der Waals surface area (Å²) in [5.41, 5.74) is -1.05. The summed E-state index contributed by atoms with van der Waals surface area (Å²) in [6, 6.07) is 4.34. The Kier molecular flexibility index (Phi) is 3.13. The standard InChI is InChI=1S/C9H5F3N2O2/c10-9(11,12)4-7-3-8(14(15)16)2-1-6(7)5-13/h1-3H,4H2. The van der Waals surface area contributed by atoms with Crippen molar-refractivity contribution in [3.63, 3.8) is 0 Å². The molecule has 1 aromatic rings. The summed E-state index contributed by atoms with van der Waals surface area (Å²) in [6.45, 7) is 0. The molecule has 1 aromatic carbocycles. The Morgan fingerprint density at radius 3 is 2.50 bits per heavy atom. The molecule has 0 saturated heterocycles. The Morgan fingerprint density at radius 2 is 2.06 bits per heavy atom. The third-order valence-electron chi connectivity index (χ3n) is 1.81. The number of nitro groups is 1. The maximum atomic E-state index is 12.1. The molecule has 0 aliphatic heterocycles. The van der Waals surface area contributed by atoms with Gasteiger partial charge in [-0.15, -0.1) is 0 Å². The highest BCUT2D eigenvalue weighted by molar-refractivity contribution is 5.45. The van der Waals surface area contributed by atoms with Gasteiger partial charge in [0.2, 0.25) is 0 Å². The van der Waals surface area contributed by atoms with E-state index in [0.717, 1.165) is 18.2 Å². The van der Waals surface area contributed by atoms with Crippen molar-refractivity contribution >= 4 is 5.69 Å². The predicted octanol–water partition coefficient (Wildman–Crippen LogP) is 2.57. The second kappa shape index (κ2) is 4.18. The lowest BCUT2D eigenvalue weighted by atomic mass is 10.0. The number of nitriles is 1. The van der Waals surface area contributed by atoms with Gasteiger partial charge in [0.15, 0.2) is 0 Å². The molecule has 7 heteroatoms. The molecule has 1 rings (SSSR count). The monoisotopic (exact) mass is 230 g/mol. The second-order valence-corrected chi connectivity index (χ2v) is 3.00. The Balaban J connectivity index is 3.19. The third kappa shape index (κ3) is 2.95. The fraction of sp³-hybridized carbons (Fsp3) is 0.222. The van der Waals surface area contributed by atoms with Crippen molar-refractivity contribution in [1.29, 1.82) is 5.26 Å². The van der Waals surface area contributed by atoms with E-state index in [2.05, 4.69) is 0 Å². The normalized spacial score (nSPS) is 10.9. The van der Waals surface area contributed by atoms with E-state index in [1.54, 1.807) is 6.07 Å². The van der Waals surface area contributed by atoms with Crippen molar-refractivity contribution in [1.82, 2.24) is 0 Å². The fourth-order valence-corrected chi connectivity index (χ4v) is 1.16. The Hall–Kier alpha value is -2.10. The van der Waals surface area contributed by atoms with Crippen LogP contribution >= 0.6 is 0 Å². The first-order chi connectivity index (χ1) is 7.33. The summed E-state index contributed by atoms with van der Waals surface area (Å²) >= 11 is 0. The van der Waals surface area contributed by atoms with Gasteiger partial charge in [0.1, 0.15) is 0 Å². The molecule has 0 bridgehead atoms. The topological polar surface area (TPSA) is 66.9 Å². The van der Waals surface area contributed by atoms with Gasteiger partial charge < -0.3 is 0 Å². The highest BCUT2D eigenvalue weighted by Gasteiger charge is 2.29. The van der Waals surface area contributed by atoms with Crippen LogP contribution in [0.5, 0.6) is 0 Å². The van der Waals surface area contributed by atoms with Crippen molar-refractivity contribution < 1.29 is 18.1 Å². The fourth-order valence-electron chi connectivity index (χ4n) is 1.16. The quantitative estimate of drug-likeness (QED) is 0.579. The van der Waals surface area contributed by atoms with Crippen molar-refractivity contribution in [2.75, 3.05) is 0 Å². The van der Waals surface area contributed by atoms with Gasteiger partial charge >= 0.3 is 6.18 Å². The van der Waals surface area contributed by atoms with Gasteiger partial charge in [-0.3, -0.25) is 10.1 Å². The van der Waals surface area contributed by atoms with Crippen LogP contribution in [0.25, 0.3) is 0 Å². The van der Waals surface area contributed by atoms with Crippen LogP contribution in [0.4, 0.5) is 18.9 Å². The van der Waals surface area contributed by atoms with Gasteiger partial charge in [0.25, 0.3) is 5.69 Å². The molecule has 0 aromatic heterocycles. The van der Waals surface area contributed by atoms with Crippen LogP contribution in [0.15, 0.2) is 18.2 Å². The third-order valence-corrected chi connectivity index (χ3v) is 1.81. The Bertz CT molecular complexity index is 463. The molecular weight excluding hydrogens is 225 g/mol. The molecule has 0 atom stereocenters. The van der Waals surface area contributed by atoms with Gasteiger partial charge in [-0.25, -0.2) is 0 Å². The molecule has 0 aliphatic carbocycles. The Labute approximate surface area is 88.1 Å². The summed E-state index contributed by atoms with van der Waals surface area (Å²) in [5.74, 6) is 0. The molecule has 0 N–H and O–H groups in total. The number of hydrogen-bond acceptors (Lipinski definition) is 3. The Morgan fingerprint density at radius 1 is 1.44 bits per heavy atom. The number of alkyl halides is 3. The largest absolute Gasteiger partial charge is 0.393 e. The maximum Gasteiger partial charge on any atom is 0.393 e. The summed E-state index contributed by atoms with van der Waals surface area (Å²) in [5, 5.41) is 18.9. The number of halogens is 3. The molecule has 16 heavy (non-hydrogen) atoms. The molecule has 4 nitrogen and oxygen atoms in total. The smallest absolute Gasteiger partial charge is 0.258 e. The van der Waals surface area contributed by atoms with Gasteiger partial charge in [0.05, 0.1) is 23.0 Å². The zero-order chi connectivity index (χ0) is 12.3. The molecule has 0 radical (unpaired) electrons. The zero-order valence-electron chi connectivity index (χ0n) is 7.78. The average molecular weight is 230 g/mol. The highest BCUT2D eigenvalue weighted by Crippen LogP contribution is 2.26. The summed E-state index contributed by atoms with van der Waals surface area (Å²) in [6.07, 6.45) is -5.85. The van der Waals surface area contributed by atoms with Gasteiger partial charge in [-0.2, -0.15) is 18.4 Å². The number of non-ortho nitro benzene ring substituents is 1. The molecule has 0 unspecified atom stereocenters. The predicted molar refractivity (Wildman–Crippen MR) is 47.6 cm³/mol. The van der Waals surface area contributed by atoms with Crippen molar-refractivity contribution in [3.05, 3.63) is 39.4 Å². The number of hydrogen-bond donors (Lipinski definition) is 0. The van der Waals surface area contributed by atoms with Crippen LogP contribution in [0.3, 0.4) is 0 Å². The van der Waals surface area contributed by atoms with Crippen LogP contribution in [0.1, 0.15) is 11.1 Å². The molecular formula is C9H5F3N2O2. The number of rotatable bonds is 2. The number of nitro benzene ring substituents is 1. The lowest BCUT2D eigenvalue weighted by Crippen LogP contribution is -2.12. The lowest BCUT2D eigenvalue weighted by Gasteiger charge is -2.07. The van der Waals surface area contributed by atoms with Gasteiger partial charge in [0, 0.05) is 12.1 Å². The van der Waals surface area contributed by atoms with Crippen LogP contribution in [-0.4, -0.2) is 11.1 Å². The molecule has 0 heterocycles. The van der Waals surface area contributed by atoms with Gasteiger partial charge in [-0.1, -0.05) is 0 Å². The SMILES string of the molecule is N#Cc1ccc([N+](=O)[O-])cc1CC(F)(F)F. The molecule has 0 spiro atoms. The van der Waals surface area contributed by atoms with E-state index in [1.807, 2.05) is 0 Å². The molecule has 0 saturated carbocycles. The van der Waals surface area contributed by atoms with E-state index < -0.39 is 23.2 Å². The zero-order valence-corrected chi connectivity index (χ0v) is 7.78. The van der Waals surface area contributed by atoms with Crippen LogP contribution < -0.4 is 0 Å². The summed E-state index contributed by atoms with van der Waals surface area (Å²) < 4.78 is 36.3. The van der Waals surface area contributed by atoms with Crippen molar-refractivity contribution in [2.45, 2.75) is 12.6 Å². The van der Waals surface area contributed by atoms with E-state index >= 15 is 0 Å². The van der Waals surface area contributed by atoms with Crippen molar-refractivity contribution in [2.24, 2.45) is 0 Å². The molecule has 0 amide bonds. The molecule has 0 fully saturated rings. The minimum absolute atomic E-state index is 0.206. The van der Waals surface area contributed by atoms with E-state index in [9.17, 15) is 23.3 Å². The molecule has 84 valence electrons. The average Bonchev–Trinajstić information content (AvgIpc) is 2.15. The van der Waals surface area contributed by atoms with Crippen LogP contribution in [0.2, 0.25) is 0 Å². The van der Waals surface area contributed by atoms with E-state index in [4.69, 9.17) is 5.26 Å². The summed E-state index contributed by atoms with van der Waals surface area (Å²) in [7, 11) is 0. The number of benzene rings is 1. The maximum absolute atomic E-state index is 12.1. The molecule has 0 aliphatic rings. The van der Waals surface area contributed by atoms with E-state index in [1.165, 1.54) is 0 Å². The summed E-state index contributed by atoms with van der Waals surface area (Å²) in [4.78, 5) is 9.56. The highest BCUT2D eigenvalue weighted by atomic mass is 19.4. The first-order valence-electron chi connectivity index (χ1n) is 4.07. The minimum atomic E-state index is -4.50. The lowest BCUT2D eigenvalue weighted by molar-refractivity contribution is -0.384. The van der Waals surface area contributed by atoms with Crippen LogP contribution in [0, 0.1) is 21.4 Å². The second-order valence-electron chi connectivity index (χ2n) is 3.00. The van der Waals surface area contributed by atoms with Crippen molar-refractivity contribution in [3.8, 4) is 6.07 Å². The number of nitrogens with zero attached hydrogens (tertiary/aromatic N) is 2.